The van der Waals surface area contributed by atoms with Gasteiger partial charge in [-0.3, -0.25) is 0 Å². The van der Waals surface area contributed by atoms with Crippen LogP contribution in [0.3, 0.4) is 0 Å². The van der Waals surface area contributed by atoms with Crippen LogP contribution >= 0.6 is 0 Å². The van der Waals surface area contributed by atoms with Gasteiger partial charge >= 0.3 is 5.97 Å². The number of ether oxygens (including phenoxy) is 2. The fourth-order valence-electron chi connectivity index (χ4n) is 1.10. The first-order valence-electron chi connectivity index (χ1n) is 4.20. The zero-order valence-corrected chi connectivity index (χ0v) is 7.16. The van der Waals surface area contributed by atoms with Crippen molar-refractivity contribution in [2.45, 2.75) is 38.6 Å². The Labute approximate surface area is 71.5 Å². The van der Waals surface area contributed by atoms with Crippen molar-refractivity contribution in [3.05, 3.63) is 0 Å². The molecule has 4 nitrogen and oxygen atoms in total. The van der Waals surface area contributed by atoms with E-state index >= 15 is 0 Å². The smallest absolute Gasteiger partial charge is 0.332 e. The third-order valence-electron chi connectivity index (χ3n) is 1.84. The van der Waals surface area contributed by atoms with Gasteiger partial charge in [0, 0.05) is 6.61 Å². The van der Waals surface area contributed by atoms with E-state index in [0.29, 0.717) is 6.61 Å². The lowest BCUT2D eigenvalue weighted by Crippen LogP contribution is -2.30. The van der Waals surface area contributed by atoms with Crippen LogP contribution in [0, 0.1) is 0 Å². The largest absolute Gasteiger partial charge is 0.479 e. The molecule has 0 saturated carbocycles. The summed E-state index contributed by atoms with van der Waals surface area (Å²) in [4.78, 5) is 10.4. The van der Waals surface area contributed by atoms with Crippen LogP contribution in [-0.2, 0) is 14.3 Å². The van der Waals surface area contributed by atoms with Crippen molar-refractivity contribution >= 4 is 5.97 Å². The van der Waals surface area contributed by atoms with Crippen LogP contribution in [0.25, 0.3) is 0 Å². The van der Waals surface area contributed by atoms with Crippen LogP contribution in [-0.4, -0.2) is 30.1 Å². The van der Waals surface area contributed by atoms with Crippen molar-refractivity contribution in [3.8, 4) is 0 Å². The zero-order valence-electron chi connectivity index (χ0n) is 7.16. The summed E-state index contributed by atoms with van der Waals surface area (Å²) in [7, 11) is 0. The molecule has 1 N–H and O–H groups in total. The predicted molar refractivity (Wildman–Crippen MR) is 41.8 cm³/mol. The van der Waals surface area contributed by atoms with E-state index in [1.165, 1.54) is 6.92 Å². The molecule has 12 heavy (non-hydrogen) atoms. The maximum absolute atomic E-state index is 10.4. The van der Waals surface area contributed by atoms with E-state index in [9.17, 15) is 4.79 Å². The summed E-state index contributed by atoms with van der Waals surface area (Å²) in [5.41, 5.74) is 0. The van der Waals surface area contributed by atoms with Gasteiger partial charge in [-0.25, -0.2) is 4.79 Å². The third kappa shape index (κ3) is 2.79. The highest BCUT2D eigenvalue weighted by atomic mass is 16.7. The summed E-state index contributed by atoms with van der Waals surface area (Å²) in [6.45, 7) is 2.19. The molecule has 1 saturated heterocycles. The van der Waals surface area contributed by atoms with E-state index in [4.69, 9.17) is 14.6 Å². The van der Waals surface area contributed by atoms with Crippen LogP contribution in [0.4, 0.5) is 0 Å². The van der Waals surface area contributed by atoms with E-state index in [-0.39, 0.29) is 6.29 Å². The Kier molecular flexibility index (Phi) is 3.49. The third-order valence-corrected chi connectivity index (χ3v) is 1.84. The summed E-state index contributed by atoms with van der Waals surface area (Å²) in [5.74, 6) is -0.941. The van der Waals surface area contributed by atoms with Gasteiger partial charge in [-0.15, -0.1) is 0 Å². The lowest BCUT2D eigenvalue weighted by Gasteiger charge is -2.24. The average Bonchev–Trinajstić information content (AvgIpc) is 2.06. The predicted octanol–water partition coefficient (Wildman–Crippen LogP) is 1.00. The fraction of sp³-hybridized carbons (Fsp3) is 0.875. The molecule has 70 valence electrons. The molecule has 1 unspecified atom stereocenters. The maximum atomic E-state index is 10.4. The van der Waals surface area contributed by atoms with Gasteiger partial charge in [0.2, 0.25) is 0 Å². The molecule has 1 fully saturated rings. The standard InChI is InChI=1S/C8H14O4/c1-6(8(9)10)12-7-4-2-3-5-11-7/h6-7H,2-5H2,1H3,(H,9,10)/t6-,7?/m0/s1. The number of aliphatic carboxylic acids is 1. The molecule has 0 bridgehead atoms. The molecule has 0 aromatic rings. The van der Waals surface area contributed by atoms with Crippen molar-refractivity contribution < 1.29 is 19.4 Å². The van der Waals surface area contributed by atoms with Gasteiger partial charge in [-0.2, -0.15) is 0 Å². The summed E-state index contributed by atoms with van der Waals surface area (Å²) in [5, 5.41) is 8.53. The van der Waals surface area contributed by atoms with E-state index in [1.807, 2.05) is 0 Å². The highest BCUT2D eigenvalue weighted by Gasteiger charge is 2.20. The van der Waals surface area contributed by atoms with E-state index in [1.54, 1.807) is 0 Å². The Hall–Kier alpha value is -0.610. The van der Waals surface area contributed by atoms with Gasteiger partial charge in [0.25, 0.3) is 0 Å². The first-order valence-corrected chi connectivity index (χ1v) is 4.20. The normalized spacial score (nSPS) is 26.6. The quantitative estimate of drug-likeness (QED) is 0.693. The minimum atomic E-state index is -0.941. The number of carbonyl (C=O) groups is 1. The van der Waals surface area contributed by atoms with Crippen LogP contribution in [0.15, 0.2) is 0 Å². The van der Waals surface area contributed by atoms with Crippen LogP contribution < -0.4 is 0 Å². The monoisotopic (exact) mass is 174 g/mol. The molecule has 0 radical (unpaired) electrons. The number of hydrogen-bond donors (Lipinski definition) is 1. The van der Waals surface area contributed by atoms with Gasteiger partial charge in [-0.05, 0) is 26.2 Å². The fourth-order valence-corrected chi connectivity index (χ4v) is 1.10. The van der Waals surface area contributed by atoms with Gasteiger partial charge in [-0.1, -0.05) is 0 Å². The summed E-state index contributed by atoms with van der Waals surface area (Å²) in [6, 6.07) is 0. The van der Waals surface area contributed by atoms with Crippen LogP contribution in [0.5, 0.6) is 0 Å². The number of hydrogen-bond acceptors (Lipinski definition) is 3. The van der Waals surface area contributed by atoms with E-state index < -0.39 is 12.1 Å². The second-order valence-corrected chi connectivity index (χ2v) is 2.91. The summed E-state index contributed by atoms with van der Waals surface area (Å²) in [6.07, 6.45) is 1.81. The molecule has 0 aliphatic carbocycles. The molecule has 1 aliphatic heterocycles. The van der Waals surface area contributed by atoms with E-state index in [0.717, 1.165) is 19.3 Å². The van der Waals surface area contributed by atoms with Crippen LogP contribution in [0.2, 0.25) is 0 Å². The molecule has 0 aromatic carbocycles. The summed E-state index contributed by atoms with van der Waals surface area (Å²) >= 11 is 0. The lowest BCUT2D eigenvalue weighted by molar-refractivity contribution is -0.197. The number of rotatable bonds is 3. The Morgan fingerprint density at radius 2 is 2.42 bits per heavy atom. The molecular weight excluding hydrogens is 160 g/mol. The first kappa shape index (κ1) is 9.48. The second kappa shape index (κ2) is 4.42. The van der Waals surface area contributed by atoms with Crippen molar-refractivity contribution in [2.75, 3.05) is 6.61 Å². The van der Waals surface area contributed by atoms with Gasteiger partial charge < -0.3 is 14.6 Å². The lowest BCUT2D eigenvalue weighted by atomic mass is 10.2. The van der Waals surface area contributed by atoms with Gasteiger partial charge in [0.05, 0.1) is 0 Å². The second-order valence-electron chi connectivity index (χ2n) is 2.91. The molecule has 1 rings (SSSR count). The topological polar surface area (TPSA) is 55.8 Å². The Bertz CT molecular complexity index is 151. The number of carboxylic acid groups (broad SMARTS) is 1. The molecule has 0 aromatic heterocycles. The van der Waals surface area contributed by atoms with Crippen molar-refractivity contribution in [1.82, 2.24) is 0 Å². The average molecular weight is 174 g/mol. The van der Waals surface area contributed by atoms with Gasteiger partial charge in [0.1, 0.15) is 0 Å². The summed E-state index contributed by atoms with van der Waals surface area (Å²) < 4.78 is 10.3. The Morgan fingerprint density at radius 1 is 1.67 bits per heavy atom. The van der Waals surface area contributed by atoms with Crippen molar-refractivity contribution in [1.29, 1.82) is 0 Å². The molecule has 1 heterocycles. The minimum Gasteiger partial charge on any atom is -0.479 e. The van der Waals surface area contributed by atoms with E-state index in [2.05, 4.69) is 0 Å². The molecule has 2 atom stereocenters. The highest BCUT2D eigenvalue weighted by Crippen LogP contribution is 2.15. The minimum absolute atomic E-state index is 0.315. The van der Waals surface area contributed by atoms with Crippen molar-refractivity contribution in [2.24, 2.45) is 0 Å². The number of carboxylic acids is 1. The molecule has 1 aliphatic rings. The molecule has 0 spiro atoms. The maximum Gasteiger partial charge on any atom is 0.332 e. The van der Waals surface area contributed by atoms with Crippen molar-refractivity contribution in [3.63, 3.8) is 0 Å². The van der Waals surface area contributed by atoms with Crippen LogP contribution in [0.1, 0.15) is 26.2 Å². The highest BCUT2D eigenvalue weighted by molar-refractivity contribution is 5.71. The Balaban J connectivity index is 2.24. The Morgan fingerprint density at radius 3 is 2.92 bits per heavy atom. The SMILES string of the molecule is C[C@H](OC1CCCCO1)C(=O)O. The zero-order chi connectivity index (χ0) is 8.97. The molecule has 4 heteroatoms. The molecule has 0 amide bonds. The molecular formula is C8H14O4. The first-order chi connectivity index (χ1) is 5.70. The van der Waals surface area contributed by atoms with Gasteiger partial charge in [0.15, 0.2) is 12.4 Å².